The molecule has 142 valence electrons. The zero-order valence-electron chi connectivity index (χ0n) is 14.9. The number of hydrogen-bond acceptors (Lipinski definition) is 4. The predicted octanol–water partition coefficient (Wildman–Crippen LogP) is 4.82. The molecule has 0 amide bonds. The van der Waals surface area contributed by atoms with Gasteiger partial charge in [-0.2, -0.15) is 0 Å². The summed E-state index contributed by atoms with van der Waals surface area (Å²) in [4.78, 5) is 11.0. The molecule has 0 spiro atoms. The number of fused-ring (bicyclic) bond motifs is 1. The maximum atomic E-state index is 11.5. The molecule has 9 heteroatoms. The molecule has 0 unspecified atom stereocenters. The van der Waals surface area contributed by atoms with Crippen LogP contribution in [0.4, 0.5) is 11.4 Å². The van der Waals surface area contributed by atoms with Gasteiger partial charge < -0.3 is 4.57 Å². The van der Waals surface area contributed by atoms with Gasteiger partial charge in [-0.3, -0.25) is 14.8 Å². The standard InChI is InChI=1S/C18H18ClN3O4S/c1-11(2)21-10-16(15-6-4-12(19)8-18(15)22(23)24)14-7-5-13(9-17(14)21)20-27(3,25)26/h4-11,20H,1-3H3. The van der Waals surface area contributed by atoms with Gasteiger partial charge in [0, 0.05) is 34.3 Å². The highest BCUT2D eigenvalue weighted by Gasteiger charge is 2.21. The van der Waals surface area contributed by atoms with Crippen LogP contribution >= 0.6 is 11.6 Å². The number of halogens is 1. The molecule has 0 bridgehead atoms. The minimum atomic E-state index is -3.41. The lowest BCUT2D eigenvalue weighted by atomic mass is 10.0. The van der Waals surface area contributed by atoms with Crippen LogP contribution in [0, 0.1) is 10.1 Å². The molecule has 2 aromatic carbocycles. The van der Waals surface area contributed by atoms with Crippen molar-refractivity contribution in [1.82, 2.24) is 4.57 Å². The Kier molecular flexibility index (Phi) is 4.88. The van der Waals surface area contributed by atoms with Crippen molar-refractivity contribution in [2.24, 2.45) is 0 Å². The summed E-state index contributed by atoms with van der Waals surface area (Å²) in [5.74, 6) is 0. The maximum absolute atomic E-state index is 11.5. The average molecular weight is 408 g/mol. The van der Waals surface area contributed by atoms with Gasteiger partial charge in [0.05, 0.1) is 27.9 Å². The molecule has 1 aromatic heterocycles. The van der Waals surface area contributed by atoms with E-state index in [1.807, 2.05) is 24.6 Å². The van der Waals surface area contributed by atoms with Crippen molar-refractivity contribution in [1.29, 1.82) is 0 Å². The van der Waals surface area contributed by atoms with Gasteiger partial charge in [-0.25, -0.2) is 8.42 Å². The second-order valence-electron chi connectivity index (χ2n) is 6.57. The summed E-state index contributed by atoms with van der Waals surface area (Å²) in [6, 6.07) is 9.76. The van der Waals surface area contributed by atoms with Crippen molar-refractivity contribution >= 4 is 43.9 Å². The van der Waals surface area contributed by atoms with E-state index in [4.69, 9.17) is 11.6 Å². The van der Waals surface area contributed by atoms with Crippen molar-refractivity contribution in [3.63, 3.8) is 0 Å². The lowest BCUT2D eigenvalue weighted by molar-refractivity contribution is -0.384. The van der Waals surface area contributed by atoms with Crippen LogP contribution in [0.25, 0.3) is 22.0 Å². The van der Waals surface area contributed by atoms with Gasteiger partial charge in [-0.15, -0.1) is 0 Å². The number of hydrogen-bond donors (Lipinski definition) is 1. The van der Waals surface area contributed by atoms with Crippen LogP contribution in [0.5, 0.6) is 0 Å². The first-order valence-corrected chi connectivity index (χ1v) is 10.4. The quantitative estimate of drug-likeness (QED) is 0.484. The molecule has 1 N–H and O–H groups in total. The van der Waals surface area contributed by atoms with E-state index in [1.165, 1.54) is 6.07 Å². The molecular weight excluding hydrogens is 390 g/mol. The molecule has 3 aromatic rings. The Labute approximate surface area is 161 Å². The second-order valence-corrected chi connectivity index (χ2v) is 8.75. The van der Waals surface area contributed by atoms with E-state index in [-0.39, 0.29) is 16.8 Å². The summed E-state index contributed by atoms with van der Waals surface area (Å²) >= 11 is 5.93. The summed E-state index contributed by atoms with van der Waals surface area (Å²) in [6.45, 7) is 3.96. The second kappa shape index (κ2) is 6.86. The van der Waals surface area contributed by atoms with Crippen molar-refractivity contribution in [2.75, 3.05) is 11.0 Å². The smallest absolute Gasteiger partial charge is 0.278 e. The number of aromatic nitrogens is 1. The van der Waals surface area contributed by atoms with Crippen LogP contribution in [0.3, 0.4) is 0 Å². The van der Waals surface area contributed by atoms with Crippen molar-refractivity contribution in [3.05, 3.63) is 57.7 Å². The Balaban J connectivity index is 2.28. The van der Waals surface area contributed by atoms with Crippen LogP contribution in [0.15, 0.2) is 42.6 Å². The van der Waals surface area contributed by atoms with Crippen molar-refractivity contribution in [2.45, 2.75) is 19.9 Å². The fourth-order valence-corrected chi connectivity index (χ4v) is 3.78. The predicted molar refractivity (Wildman–Crippen MR) is 108 cm³/mol. The third-order valence-electron chi connectivity index (χ3n) is 4.14. The van der Waals surface area contributed by atoms with Crippen LogP contribution < -0.4 is 4.72 Å². The minimum absolute atomic E-state index is 0.0705. The zero-order chi connectivity index (χ0) is 19.9. The molecule has 0 aliphatic carbocycles. The maximum Gasteiger partial charge on any atom is 0.278 e. The molecule has 27 heavy (non-hydrogen) atoms. The summed E-state index contributed by atoms with van der Waals surface area (Å²) in [7, 11) is -3.41. The van der Waals surface area contributed by atoms with Gasteiger partial charge in [0.1, 0.15) is 0 Å². The molecular formula is C18H18ClN3O4S. The molecule has 0 atom stereocenters. The van der Waals surface area contributed by atoms with Crippen LogP contribution in [0.2, 0.25) is 5.02 Å². The number of nitrogens with one attached hydrogen (secondary N) is 1. The number of rotatable bonds is 5. The number of sulfonamides is 1. The Morgan fingerprint density at radius 1 is 1.15 bits per heavy atom. The SMILES string of the molecule is CC(C)n1cc(-c2ccc(Cl)cc2[N+](=O)[O-])c2ccc(NS(C)(=O)=O)cc21. The van der Waals surface area contributed by atoms with Crippen LogP contribution in [-0.4, -0.2) is 24.2 Å². The van der Waals surface area contributed by atoms with Gasteiger partial charge >= 0.3 is 0 Å². The fraction of sp³-hybridized carbons (Fsp3) is 0.222. The van der Waals surface area contributed by atoms with Gasteiger partial charge in [0.25, 0.3) is 5.69 Å². The van der Waals surface area contributed by atoms with Gasteiger partial charge in [0.15, 0.2) is 0 Å². The lowest BCUT2D eigenvalue weighted by Crippen LogP contribution is -2.09. The largest absolute Gasteiger partial charge is 0.344 e. The van der Waals surface area contributed by atoms with E-state index < -0.39 is 14.9 Å². The van der Waals surface area contributed by atoms with E-state index in [1.54, 1.807) is 30.3 Å². The first-order chi connectivity index (χ1) is 12.6. The van der Waals surface area contributed by atoms with Gasteiger partial charge in [-0.1, -0.05) is 17.7 Å². The molecule has 0 fully saturated rings. The van der Waals surface area contributed by atoms with E-state index in [9.17, 15) is 18.5 Å². The average Bonchev–Trinajstić information content (AvgIpc) is 2.92. The Morgan fingerprint density at radius 2 is 1.85 bits per heavy atom. The summed E-state index contributed by atoms with van der Waals surface area (Å²) in [5, 5.41) is 12.6. The molecule has 0 aliphatic rings. The molecule has 0 saturated carbocycles. The molecule has 0 aliphatic heterocycles. The lowest BCUT2D eigenvalue weighted by Gasteiger charge is -2.10. The normalized spacial score (nSPS) is 11.9. The zero-order valence-corrected chi connectivity index (χ0v) is 16.5. The van der Waals surface area contributed by atoms with Crippen molar-refractivity contribution in [3.8, 4) is 11.1 Å². The number of nitrogens with zero attached hydrogens (tertiary/aromatic N) is 2. The topological polar surface area (TPSA) is 94.2 Å². The highest BCUT2D eigenvalue weighted by molar-refractivity contribution is 7.92. The van der Waals surface area contributed by atoms with Crippen LogP contribution in [-0.2, 0) is 10.0 Å². The number of nitro benzene ring substituents is 1. The minimum Gasteiger partial charge on any atom is -0.344 e. The summed E-state index contributed by atoms with van der Waals surface area (Å²) in [5.41, 5.74) is 2.27. The first-order valence-electron chi connectivity index (χ1n) is 8.13. The monoisotopic (exact) mass is 407 g/mol. The van der Waals surface area contributed by atoms with Gasteiger partial charge in [0.2, 0.25) is 10.0 Å². The summed E-state index contributed by atoms with van der Waals surface area (Å²) < 4.78 is 27.5. The van der Waals surface area contributed by atoms with Crippen LogP contribution in [0.1, 0.15) is 19.9 Å². The first kappa shape index (κ1) is 19.2. The number of anilines is 1. The van der Waals surface area contributed by atoms with E-state index in [0.29, 0.717) is 16.8 Å². The molecule has 0 radical (unpaired) electrons. The third-order valence-corrected chi connectivity index (χ3v) is 4.98. The molecule has 3 rings (SSSR count). The fourth-order valence-electron chi connectivity index (χ4n) is 3.05. The Hall–Kier alpha value is -2.58. The Morgan fingerprint density at radius 3 is 2.44 bits per heavy atom. The Bertz CT molecular complexity index is 1150. The number of benzene rings is 2. The number of nitro groups is 1. The van der Waals surface area contributed by atoms with E-state index >= 15 is 0 Å². The molecule has 7 nitrogen and oxygen atoms in total. The highest BCUT2D eigenvalue weighted by atomic mass is 35.5. The third kappa shape index (κ3) is 3.91. The van der Waals surface area contributed by atoms with E-state index in [0.717, 1.165) is 17.2 Å². The van der Waals surface area contributed by atoms with Crippen molar-refractivity contribution < 1.29 is 13.3 Å². The summed E-state index contributed by atoms with van der Waals surface area (Å²) in [6.07, 6.45) is 2.93. The highest BCUT2D eigenvalue weighted by Crippen LogP contribution is 2.39. The van der Waals surface area contributed by atoms with E-state index in [2.05, 4.69) is 4.72 Å². The molecule has 1 heterocycles. The molecule has 0 saturated heterocycles. The van der Waals surface area contributed by atoms with Gasteiger partial charge in [-0.05, 0) is 38.1 Å².